The molecule has 0 aromatic carbocycles. The zero-order valence-corrected chi connectivity index (χ0v) is 9.30. The van der Waals surface area contributed by atoms with E-state index in [9.17, 15) is 0 Å². The Morgan fingerprint density at radius 2 is 1.78 bits per heavy atom. The van der Waals surface area contributed by atoms with Gasteiger partial charge in [-0.25, -0.2) is 0 Å². The SMILES string of the molecule is [Cl-].[Cl-].[Cl-].[Zr+3][C]1=CCC=C1. The van der Waals surface area contributed by atoms with Crippen LogP contribution in [0.4, 0.5) is 0 Å². The molecule has 4 heteroatoms. The summed E-state index contributed by atoms with van der Waals surface area (Å²) in [4.78, 5) is 0. The summed E-state index contributed by atoms with van der Waals surface area (Å²) in [7, 11) is 0. The van der Waals surface area contributed by atoms with E-state index in [0.29, 0.717) is 0 Å². The van der Waals surface area contributed by atoms with Crippen molar-refractivity contribution in [1.29, 1.82) is 0 Å². The van der Waals surface area contributed by atoms with Gasteiger partial charge in [0.1, 0.15) is 0 Å². The molecule has 1 rings (SSSR count). The Morgan fingerprint density at radius 1 is 1.22 bits per heavy atom. The first-order valence-corrected chi connectivity index (χ1v) is 3.21. The number of halogens is 3. The second-order valence-electron chi connectivity index (χ2n) is 1.30. The van der Waals surface area contributed by atoms with E-state index >= 15 is 0 Å². The number of allylic oxidation sites excluding steroid dienone is 4. The molecule has 0 atom stereocenters. The molecule has 0 amide bonds. The van der Waals surface area contributed by atoms with Crippen molar-refractivity contribution in [3.05, 3.63) is 21.5 Å². The van der Waals surface area contributed by atoms with Gasteiger partial charge in [0.25, 0.3) is 0 Å². The number of hydrogen-bond donors (Lipinski definition) is 0. The van der Waals surface area contributed by atoms with Gasteiger partial charge >= 0.3 is 52.6 Å². The Kier molecular flexibility index (Phi) is 17.1. The van der Waals surface area contributed by atoms with Crippen molar-refractivity contribution in [2.45, 2.75) is 6.42 Å². The first-order chi connectivity index (χ1) is 2.89. The van der Waals surface area contributed by atoms with E-state index in [1.54, 1.807) is 0 Å². The maximum absolute atomic E-state index is 2.25. The molecule has 9 heavy (non-hydrogen) atoms. The molecule has 0 N–H and O–H groups in total. The third kappa shape index (κ3) is 7.13. The minimum atomic E-state index is 0. The number of rotatable bonds is 0. The van der Waals surface area contributed by atoms with Gasteiger partial charge in [-0.3, -0.25) is 0 Å². The van der Waals surface area contributed by atoms with Crippen molar-refractivity contribution >= 4 is 0 Å². The molecular weight excluding hydrogens is 258 g/mol. The number of hydrogen-bond acceptors (Lipinski definition) is 0. The van der Waals surface area contributed by atoms with E-state index in [0.717, 1.165) is 0 Å². The summed E-state index contributed by atoms with van der Waals surface area (Å²) >= 11 is 1.54. The van der Waals surface area contributed by atoms with Crippen LogP contribution in [-0.4, -0.2) is 0 Å². The van der Waals surface area contributed by atoms with Crippen molar-refractivity contribution in [2.75, 3.05) is 0 Å². The van der Waals surface area contributed by atoms with E-state index in [-0.39, 0.29) is 37.2 Å². The molecule has 0 bridgehead atoms. The summed E-state index contributed by atoms with van der Waals surface area (Å²) in [6.45, 7) is 0. The molecule has 0 saturated carbocycles. The third-order valence-electron chi connectivity index (χ3n) is 0.771. The topological polar surface area (TPSA) is 0 Å². The molecule has 0 aromatic rings. The van der Waals surface area contributed by atoms with Gasteiger partial charge in [-0.15, -0.1) is 0 Å². The third-order valence-corrected chi connectivity index (χ3v) is 1.68. The van der Waals surface area contributed by atoms with Crippen LogP contribution < -0.4 is 37.2 Å². The molecule has 0 aromatic heterocycles. The first-order valence-electron chi connectivity index (χ1n) is 1.98. The van der Waals surface area contributed by atoms with Crippen LogP contribution in [0.3, 0.4) is 0 Å². The second kappa shape index (κ2) is 9.23. The Labute approximate surface area is 89.2 Å². The molecule has 0 saturated heterocycles. The van der Waals surface area contributed by atoms with Crippen molar-refractivity contribution in [3.63, 3.8) is 0 Å². The van der Waals surface area contributed by atoms with Crippen molar-refractivity contribution in [2.24, 2.45) is 0 Å². The summed E-state index contributed by atoms with van der Waals surface area (Å²) in [6.07, 6.45) is 7.78. The van der Waals surface area contributed by atoms with Crippen LogP contribution in [0, 0.1) is 0 Å². The van der Waals surface area contributed by atoms with Crippen LogP contribution in [0.25, 0.3) is 0 Å². The van der Waals surface area contributed by atoms with Crippen molar-refractivity contribution in [1.82, 2.24) is 0 Å². The predicted molar refractivity (Wildman–Crippen MR) is 21.8 cm³/mol. The molecule has 0 radical (unpaired) electrons. The molecule has 0 nitrogen and oxygen atoms in total. The minimum absolute atomic E-state index is 0. The standard InChI is InChI=1S/C5H5.3ClH.Zr/c1-2-4-5-3-1;;;;/h1-2,5H,3H2;3*1H;/q;;;;+3/p-3. The van der Waals surface area contributed by atoms with Crippen LogP contribution in [0.2, 0.25) is 0 Å². The fourth-order valence-electron chi connectivity index (χ4n) is 0.458. The van der Waals surface area contributed by atoms with Gasteiger partial charge in [0, 0.05) is 0 Å². The molecule has 0 unspecified atom stereocenters. The summed E-state index contributed by atoms with van der Waals surface area (Å²) in [5, 5.41) is 0. The summed E-state index contributed by atoms with van der Waals surface area (Å²) in [6, 6.07) is 0. The predicted octanol–water partition coefficient (Wildman–Crippen LogP) is -7.61. The zero-order chi connectivity index (χ0) is 4.41. The maximum atomic E-state index is 2.25. The average Bonchev–Trinajstić information content (AvgIpc) is 1.86. The second-order valence-corrected chi connectivity index (χ2v) is 2.72. The molecule has 0 heterocycles. The Bertz CT molecular complexity index is 106. The normalized spacial score (nSPS) is 12.4. The zero-order valence-electron chi connectivity index (χ0n) is 4.57. The monoisotopic (exact) mass is 260 g/mol. The average molecular weight is 263 g/mol. The van der Waals surface area contributed by atoms with Crippen LogP contribution in [0.1, 0.15) is 6.42 Å². The summed E-state index contributed by atoms with van der Waals surface area (Å²) < 4.78 is 1.49. The van der Waals surface area contributed by atoms with Crippen molar-refractivity contribution in [3.8, 4) is 0 Å². The Hall–Kier alpha value is 1.23. The molecule has 0 fully saturated rings. The Morgan fingerprint density at radius 3 is 1.89 bits per heavy atom. The van der Waals surface area contributed by atoms with Gasteiger partial charge in [-0.05, 0) is 0 Å². The molecule has 0 spiro atoms. The molecule has 0 aliphatic heterocycles. The Balaban J connectivity index is -0.000000120. The van der Waals surface area contributed by atoms with Crippen LogP contribution in [-0.2, 0) is 24.7 Å². The summed E-state index contributed by atoms with van der Waals surface area (Å²) in [5.74, 6) is 0. The van der Waals surface area contributed by atoms with Gasteiger partial charge < -0.3 is 37.2 Å². The quantitative estimate of drug-likeness (QED) is 0.407. The van der Waals surface area contributed by atoms with E-state index in [1.165, 1.54) is 34.4 Å². The van der Waals surface area contributed by atoms with Gasteiger partial charge in [0.2, 0.25) is 0 Å². The van der Waals surface area contributed by atoms with Gasteiger partial charge in [0.15, 0.2) is 0 Å². The van der Waals surface area contributed by atoms with Crippen molar-refractivity contribution < 1.29 is 61.9 Å². The van der Waals surface area contributed by atoms with E-state index < -0.39 is 0 Å². The fourth-order valence-corrected chi connectivity index (χ4v) is 1.04. The molecule has 1 aliphatic carbocycles. The summed E-state index contributed by atoms with van der Waals surface area (Å²) in [5.41, 5.74) is 0. The van der Waals surface area contributed by atoms with Gasteiger partial charge in [-0.1, -0.05) is 0 Å². The molecule has 50 valence electrons. The van der Waals surface area contributed by atoms with E-state index in [1.807, 2.05) is 0 Å². The van der Waals surface area contributed by atoms with Gasteiger partial charge in [0.05, 0.1) is 0 Å². The van der Waals surface area contributed by atoms with Crippen LogP contribution in [0.5, 0.6) is 0 Å². The molecular formula is C5H5Cl3Zr. The molecule has 1 aliphatic rings. The van der Waals surface area contributed by atoms with E-state index in [4.69, 9.17) is 0 Å². The fraction of sp³-hybridized carbons (Fsp3) is 0.200. The van der Waals surface area contributed by atoms with Crippen LogP contribution in [0.15, 0.2) is 21.5 Å². The first kappa shape index (κ1) is 16.7. The van der Waals surface area contributed by atoms with E-state index in [2.05, 4.69) is 18.2 Å². The van der Waals surface area contributed by atoms with Crippen LogP contribution >= 0.6 is 0 Å². The van der Waals surface area contributed by atoms with Gasteiger partial charge in [-0.2, -0.15) is 0 Å².